The van der Waals surface area contributed by atoms with Gasteiger partial charge in [-0.05, 0) is 44.9 Å². The molecule has 1 aromatic carbocycles. The van der Waals surface area contributed by atoms with Crippen LogP contribution in [-0.4, -0.2) is 47.6 Å². The maximum absolute atomic E-state index is 11.6. The molecule has 7 nitrogen and oxygen atoms in total. The Morgan fingerprint density at radius 2 is 1.92 bits per heavy atom. The van der Waals surface area contributed by atoms with Crippen molar-refractivity contribution in [2.75, 3.05) is 13.7 Å². The molecule has 0 saturated carbocycles. The standard InChI is InChI=1S/C17H24ClNO6/c1-17(2,3)25-16(23)19-8-7-13(20)14(21)10-5-6-12(18)11(9-10)15(22)24-4/h5-6,9,13-14,20-21H,7-8H2,1-4H3,(H,19,23). The van der Waals surface area contributed by atoms with Crippen LogP contribution in [0.15, 0.2) is 18.2 Å². The Kier molecular flexibility index (Phi) is 7.66. The third kappa shape index (κ3) is 6.89. The first-order chi connectivity index (χ1) is 11.5. The van der Waals surface area contributed by atoms with Crippen molar-refractivity contribution in [2.24, 2.45) is 0 Å². The van der Waals surface area contributed by atoms with E-state index in [-0.39, 0.29) is 23.6 Å². The molecule has 0 aliphatic rings. The number of rotatable bonds is 6. The molecule has 3 N–H and O–H groups in total. The zero-order valence-corrected chi connectivity index (χ0v) is 15.5. The molecule has 0 aromatic heterocycles. The average Bonchev–Trinajstić information content (AvgIpc) is 2.52. The Hall–Kier alpha value is -1.83. The van der Waals surface area contributed by atoms with Gasteiger partial charge in [0.25, 0.3) is 0 Å². The summed E-state index contributed by atoms with van der Waals surface area (Å²) in [6, 6.07) is 4.31. The first-order valence-electron chi connectivity index (χ1n) is 7.76. The molecule has 0 aliphatic carbocycles. The van der Waals surface area contributed by atoms with Gasteiger partial charge in [-0.1, -0.05) is 17.7 Å². The molecule has 2 unspecified atom stereocenters. The lowest BCUT2D eigenvalue weighted by atomic mass is 10.00. The van der Waals surface area contributed by atoms with Gasteiger partial charge >= 0.3 is 12.1 Å². The van der Waals surface area contributed by atoms with Crippen LogP contribution >= 0.6 is 11.6 Å². The minimum Gasteiger partial charge on any atom is -0.465 e. The highest BCUT2D eigenvalue weighted by Gasteiger charge is 2.22. The van der Waals surface area contributed by atoms with E-state index in [2.05, 4.69) is 10.1 Å². The van der Waals surface area contributed by atoms with Crippen molar-refractivity contribution in [1.29, 1.82) is 0 Å². The first-order valence-corrected chi connectivity index (χ1v) is 8.13. The smallest absolute Gasteiger partial charge is 0.407 e. The molecule has 0 radical (unpaired) electrons. The number of methoxy groups -OCH3 is 1. The number of carbonyl (C=O) groups excluding carboxylic acids is 2. The summed E-state index contributed by atoms with van der Waals surface area (Å²) < 4.78 is 9.69. The van der Waals surface area contributed by atoms with E-state index in [0.29, 0.717) is 5.56 Å². The summed E-state index contributed by atoms with van der Waals surface area (Å²) in [5.74, 6) is -0.639. The van der Waals surface area contributed by atoms with E-state index in [4.69, 9.17) is 16.3 Å². The van der Waals surface area contributed by atoms with E-state index in [1.807, 2.05) is 0 Å². The van der Waals surface area contributed by atoms with E-state index in [9.17, 15) is 19.8 Å². The van der Waals surface area contributed by atoms with Crippen molar-refractivity contribution in [3.63, 3.8) is 0 Å². The van der Waals surface area contributed by atoms with Crippen LogP contribution in [0, 0.1) is 0 Å². The van der Waals surface area contributed by atoms with Gasteiger partial charge in [0, 0.05) is 6.54 Å². The van der Waals surface area contributed by atoms with Crippen LogP contribution in [-0.2, 0) is 9.47 Å². The average molecular weight is 374 g/mol. The number of alkyl carbamates (subject to hydrolysis) is 1. The van der Waals surface area contributed by atoms with Gasteiger partial charge in [0.15, 0.2) is 0 Å². The van der Waals surface area contributed by atoms with Crippen LogP contribution in [0.4, 0.5) is 4.79 Å². The number of benzene rings is 1. The Bertz CT molecular complexity index is 614. The number of aliphatic hydroxyl groups excluding tert-OH is 2. The second-order valence-corrected chi connectivity index (χ2v) is 6.87. The number of esters is 1. The third-order valence-electron chi connectivity index (χ3n) is 3.21. The molecular formula is C17H24ClNO6. The van der Waals surface area contributed by atoms with Gasteiger partial charge in [-0.2, -0.15) is 0 Å². The number of aliphatic hydroxyl groups is 2. The molecule has 2 atom stereocenters. The monoisotopic (exact) mass is 373 g/mol. The highest BCUT2D eigenvalue weighted by Crippen LogP contribution is 2.25. The van der Waals surface area contributed by atoms with Crippen LogP contribution in [0.2, 0.25) is 5.02 Å². The molecule has 0 bridgehead atoms. The highest BCUT2D eigenvalue weighted by molar-refractivity contribution is 6.33. The lowest BCUT2D eigenvalue weighted by Crippen LogP contribution is -2.34. The third-order valence-corrected chi connectivity index (χ3v) is 3.54. The van der Waals surface area contributed by atoms with E-state index < -0.39 is 29.9 Å². The van der Waals surface area contributed by atoms with Crippen molar-refractivity contribution < 1.29 is 29.3 Å². The molecule has 1 rings (SSSR count). The van der Waals surface area contributed by atoms with Crippen molar-refractivity contribution >= 4 is 23.7 Å². The fraction of sp³-hybridized carbons (Fsp3) is 0.529. The number of amides is 1. The Labute approximate surface area is 151 Å². The van der Waals surface area contributed by atoms with E-state index in [0.717, 1.165) is 0 Å². The summed E-state index contributed by atoms with van der Waals surface area (Å²) in [5, 5.41) is 23.0. The SMILES string of the molecule is COC(=O)c1cc(C(O)C(O)CCNC(=O)OC(C)(C)C)ccc1Cl. The Morgan fingerprint density at radius 3 is 2.48 bits per heavy atom. The zero-order valence-electron chi connectivity index (χ0n) is 14.7. The number of carbonyl (C=O) groups is 2. The summed E-state index contributed by atoms with van der Waals surface area (Å²) in [5.41, 5.74) is -0.204. The summed E-state index contributed by atoms with van der Waals surface area (Å²) >= 11 is 5.92. The van der Waals surface area contributed by atoms with Crippen LogP contribution in [0.1, 0.15) is 49.2 Å². The topological polar surface area (TPSA) is 105 Å². The zero-order chi connectivity index (χ0) is 19.2. The number of halogens is 1. The molecule has 1 amide bonds. The molecular weight excluding hydrogens is 350 g/mol. The van der Waals surface area contributed by atoms with E-state index in [1.165, 1.54) is 25.3 Å². The first kappa shape index (κ1) is 21.2. The molecule has 0 heterocycles. The lowest BCUT2D eigenvalue weighted by Gasteiger charge is -2.21. The van der Waals surface area contributed by atoms with Gasteiger partial charge in [0.05, 0.1) is 23.8 Å². The maximum atomic E-state index is 11.6. The van der Waals surface area contributed by atoms with Crippen LogP contribution < -0.4 is 5.32 Å². The Balaban J connectivity index is 2.63. The molecule has 0 spiro atoms. The summed E-state index contributed by atoms with van der Waals surface area (Å²) in [6.07, 6.45) is -2.91. The number of hydrogen-bond donors (Lipinski definition) is 3. The molecule has 0 fully saturated rings. The van der Waals surface area contributed by atoms with E-state index >= 15 is 0 Å². The molecule has 1 aromatic rings. The number of nitrogens with one attached hydrogen (secondary N) is 1. The maximum Gasteiger partial charge on any atom is 0.407 e. The van der Waals surface area contributed by atoms with Crippen LogP contribution in [0.3, 0.4) is 0 Å². The minimum atomic E-state index is -1.25. The van der Waals surface area contributed by atoms with Gasteiger partial charge in [-0.3, -0.25) is 0 Å². The van der Waals surface area contributed by atoms with Gasteiger partial charge < -0.3 is 25.0 Å². The molecule has 8 heteroatoms. The predicted octanol–water partition coefficient (Wildman–Crippen LogP) is 2.44. The van der Waals surface area contributed by atoms with Gasteiger partial charge in [-0.25, -0.2) is 9.59 Å². The predicted molar refractivity (Wildman–Crippen MR) is 92.6 cm³/mol. The lowest BCUT2D eigenvalue weighted by molar-refractivity contribution is 0.0122. The van der Waals surface area contributed by atoms with Gasteiger partial charge in [-0.15, -0.1) is 0 Å². The van der Waals surface area contributed by atoms with Crippen molar-refractivity contribution in [3.8, 4) is 0 Å². The number of ether oxygens (including phenoxy) is 2. The number of hydrogen-bond acceptors (Lipinski definition) is 6. The summed E-state index contributed by atoms with van der Waals surface area (Å²) in [7, 11) is 1.22. The van der Waals surface area contributed by atoms with Crippen molar-refractivity contribution in [1.82, 2.24) is 5.32 Å². The fourth-order valence-corrected chi connectivity index (χ4v) is 2.20. The second kappa shape index (κ2) is 9.03. The summed E-state index contributed by atoms with van der Waals surface area (Å²) in [6.45, 7) is 5.34. The highest BCUT2D eigenvalue weighted by atomic mass is 35.5. The molecule has 0 saturated heterocycles. The largest absolute Gasteiger partial charge is 0.465 e. The molecule has 0 aliphatic heterocycles. The molecule has 140 valence electrons. The molecule has 25 heavy (non-hydrogen) atoms. The Morgan fingerprint density at radius 1 is 1.28 bits per heavy atom. The quantitative estimate of drug-likeness (QED) is 0.661. The van der Waals surface area contributed by atoms with Crippen LogP contribution in [0.25, 0.3) is 0 Å². The van der Waals surface area contributed by atoms with Crippen molar-refractivity contribution in [3.05, 3.63) is 34.3 Å². The minimum absolute atomic E-state index is 0.0938. The normalized spacial score (nSPS) is 13.7. The van der Waals surface area contributed by atoms with Crippen LogP contribution in [0.5, 0.6) is 0 Å². The van der Waals surface area contributed by atoms with Crippen molar-refractivity contribution in [2.45, 2.75) is 45.0 Å². The second-order valence-electron chi connectivity index (χ2n) is 6.46. The van der Waals surface area contributed by atoms with Gasteiger partial charge in [0.2, 0.25) is 0 Å². The van der Waals surface area contributed by atoms with E-state index in [1.54, 1.807) is 20.8 Å². The van der Waals surface area contributed by atoms with Gasteiger partial charge in [0.1, 0.15) is 11.7 Å². The summed E-state index contributed by atoms with van der Waals surface area (Å²) in [4.78, 5) is 23.2. The fourth-order valence-electron chi connectivity index (χ4n) is 2.01.